The fourth-order valence-corrected chi connectivity index (χ4v) is 6.65. The SMILES string of the molecule is N=C(N)NCCCC(NC(=O)C(N)Cc1ccccc1)C(=O)NC(CC12CCC(CC1)CC2)C(=O)NC(CCCCN)C(N)=O. The van der Waals surface area contributed by atoms with Gasteiger partial charge in [0.05, 0.1) is 6.04 Å². The number of nitrogens with two attached hydrogens (primary N) is 4. The number of amides is 4. The molecule has 4 rings (SSSR count). The highest BCUT2D eigenvalue weighted by atomic mass is 16.2. The highest BCUT2D eigenvalue weighted by molar-refractivity contribution is 5.94. The van der Waals surface area contributed by atoms with Crippen LogP contribution in [-0.4, -0.2) is 66.8 Å². The second-order valence-electron chi connectivity index (χ2n) is 12.8. The average Bonchev–Trinajstić information content (AvgIpc) is 3.02. The van der Waals surface area contributed by atoms with Crippen LogP contribution < -0.4 is 44.2 Å². The van der Waals surface area contributed by atoms with E-state index in [2.05, 4.69) is 21.3 Å². The van der Waals surface area contributed by atoms with Gasteiger partial charge in [0.25, 0.3) is 0 Å². The summed E-state index contributed by atoms with van der Waals surface area (Å²) in [4.78, 5) is 53.0. The first kappa shape index (κ1) is 35.8. The zero-order valence-corrected chi connectivity index (χ0v) is 26.3. The van der Waals surface area contributed by atoms with Gasteiger partial charge in [-0.15, -0.1) is 0 Å². The zero-order valence-electron chi connectivity index (χ0n) is 26.3. The lowest BCUT2D eigenvalue weighted by molar-refractivity contribution is -0.134. The number of carbonyl (C=O) groups is 4. The second kappa shape index (κ2) is 17.7. The van der Waals surface area contributed by atoms with Gasteiger partial charge in [-0.3, -0.25) is 24.6 Å². The van der Waals surface area contributed by atoms with Crippen molar-refractivity contribution in [3.8, 4) is 0 Å². The summed E-state index contributed by atoms with van der Waals surface area (Å²) in [5.41, 5.74) is 23.7. The number of hydrogen-bond donors (Lipinski definition) is 9. The van der Waals surface area contributed by atoms with E-state index in [0.717, 1.165) is 50.0 Å². The summed E-state index contributed by atoms with van der Waals surface area (Å²) in [6, 6.07) is 5.68. The Morgan fingerprint density at radius 1 is 0.822 bits per heavy atom. The van der Waals surface area contributed by atoms with Gasteiger partial charge in [-0.25, -0.2) is 0 Å². The molecule has 13 N–H and O–H groups in total. The van der Waals surface area contributed by atoms with Crippen LogP contribution in [0.25, 0.3) is 0 Å². The van der Waals surface area contributed by atoms with Gasteiger partial charge in [0.2, 0.25) is 23.6 Å². The predicted molar refractivity (Wildman–Crippen MR) is 173 cm³/mol. The molecule has 0 radical (unpaired) electrons. The van der Waals surface area contributed by atoms with Gasteiger partial charge < -0.3 is 44.2 Å². The third-order valence-electron chi connectivity index (χ3n) is 9.38. The molecule has 1 aromatic carbocycles. The number of nitrogens with one attached hydrogen (secondary N) is 5. The van der Waals surface area contributed by atoms with Gasteiger partial charge in [-0.05, 0) is 107 Å². The molecule has 0 aromatic heterocycles. The maximum absolute atomic E-state index is 13.8. The van der Waals surface area contributed by atoms with Crippen molar-refractivity contribution in [1.82, 2.24) is 21.3 Å². The van der Waals surface area contributed by atoms with E-state index in [4.69, 9.17) is 28.3 Å². The van der Waals surface area contributed by atoms with Crippen LogP contribution in [0.1, 0.15) is 82.6 Å². The van der Waals surface area contributed by atoms with Gasteiger partial charge in [-0.1, -0.05) is 30.3 Å². The summed E-state index contributed by atoms with van der Waals surface area (Å²) in [6.07, 6.45) is 9.30. The third kappa shape index (κ3) is 11.6. The van der Waals surface area contributed by atoms with E-state index < -0.39 is 47.8 Å². The number of hydrogen-bond acceptors (Lipinski definition) is 7. The second-order valence-corrected chi connectivity index (χ2v) is 12.8. The summed E-state index contributed by atoms with van der Waals surface area (Å²) >= 11 is 0. The topological polar surface area (TPSA) is 244 Å². The molecule has 13 nitrogen and oxygen atoms in total. The standard InChI is InChI=1S/C32H53N9O4/c33-17-5-4-9-24(27(35)42)39-30(45)26(20-32-14-11-21(12-15-32)13-16-32)41-29(44)25(10-6-18-38-31(36)37)40-28(43)23(34)19-22-7-2-1-3-8-22/h1-3,7-8,21,23-26H,4-6,9-20,33-34H2,(H2,35,42)(H,39,45)(H,40,43)(H,41,44)(H4,36,37,38). The molecule has 45 heavy (non-hydrogen) atoms. The van der Waals surface area contributed by atoms with E-state index in [9.17, 15) is 19.2 Å². The number of primary amides is 1. The first-order chi connectivity index (χ1) is 21.5. The smallest absolute Gasteiger partial charge is 0.243 e. The molecule has 1 aromatic rings. The zero-order chi connectivity index (χ0) is 32.8. The maximum Gasteiger partial charge on any atom is 0.243 e. The molecular formula is C32H53N9O4. The Labute approximate surface area is 266 Å². The van der Waals surface area contributed by atoms with Crippen LogP contribution in [0.4, 0.5) is 0 Å². The van der Waals surface area contributed by atoms with Crippen molar-refractivity contribution in [3.63, 3.8) is 0 Å². The Hall–Kier alpha value is -3.71. The highest BCUT2D eigenvalue weighted by Crippen LogP contribution is 2.52. The molecule has 2 bridgehead atoms. The molecule has 4 amide bonds. The van der Waals surface area contributed by atoms with E-state index in [-0.39, 0.29) is 17.8 Å². The van der Waals surface area contributed by atoms with Crippen LogP contribution in [0, 0.1) is 16.7 Å². The number of fused-ring (bicyclic) bond motifs is 3. The van der Waals surface area contributed by atoms with Crippen molar-refractivity contribution in [2.24, 2.45) is 34.3 Å². The number of benzene rings is 1. The number of unbranched alkanes of at least 4 members (excludes halogenated alkanes) is 1. The maximum atomic E-state index is 13.8. The Balaban J connectivity index is 1.77. The van der Waals surface area contributed by atoms with E-state index in [0.29, 0.717) is 51.6 Å². The minimum Gasteiger partial charge on any atom is -0.370 e. The summed E-state index contributed by atoms with van der Waals surface area (Å²) in [6.45, 7) is 0.786. The van der Waals surface area contributed by atoms with Gasteiger partial charge in [0.1, 0.15) is 18.1 Å². The lowest BCUT2D eigenvalue weighted by Gasteiger charge is -2.48. The highest BCUT2D eigenvalue weighted by Gasteiger charge is 2.43. The van der Waals surface area contributed by atoms with Crippen molar-refractivity contribution in [3.05, 3.63) is 35.9 Å². The molecule has 0 saturated heterocycles. The quantitative estimate of drug-likeness (QED) is 0.0583. The van der Waals surface area contributed by atoms with Crippen molar-refractivity contribution < 1.29 is 19.2 Å². The van der Waals surface area contributed by atoms with Crippen LogP contribution >= 0.6 is 0 Å². The van der Waals surface area contributed by atoms with Crippen molar-refractivity contribution in [1.29, 1.82) is 5.41 Å². The summed E-state index contributed by atoms with van der Waals surface area (Å²) < 4.78 is 0. The minimum atomic E-state index is -0.987. The molecule has 3 saturated carbocycles. The molecule has 3 aliphatic carbocycles. The van der Waals surface area contributed by atoms with Crippen LogP contribution in [0.15, 0.2) is 30.3 Å². The summed E-state index contributed by atoms with van der Waals surface area (Å²) in [5.74, 6) is -1.59. The van der Waals surface area contributed by atoms with E-state index in [1.165, 1.54) is 0 Å². The molecule has 0 heterocycles. The fourth-order valence-electron chi connectivity index (χ4n) is 6.65. The van der Waals surface area contributed by atoms with Gasteiger partial charge in [0.15, 0.2) is 5.96 Å². The van der Waals surface area contributed by atoms with Gasteiger partial charge >= 0.3 is 0 Å². The monoisotopic (exact) mass is 627 g/mol. The Bertz CT molecular complexity index is 1130. The normalized spacial score (nSPS) is 21.5. The molecular weight excluding hydrogens is 574 g/mol. The van der Waals surface area contributed by atoms with Crippen LogP contribution in [-0.2, 0) is 25.6 Å². The molecule has 250 valence electrons. The van der Waals surface area contributed by atoms with Crippen LogP contribution in [0.5, 0.6) is 0 Å². The molecule has 4 atom stereocenters. The average molecular weight is 628 g/mol. The number of carbonyl (C=O) groups excluding carboxylic acids is 4. The lowest BCUT2D eigenvalue weighted by atomic mass is 9.58. The van der Waals surface area contributed by atoms with Crippen molar-refractivity contribution >= 4 is 29.6 Å². The predicted octanol–water partition coefficient (Wildman–Crippen LogP) is 0.249. The van der Waals surface area contributed by atoms with E-state index >= 15 is 0 Å². The lowest BCUT2D eigenvalue weighted by Crippen LogP contribution is -2.59. The van der Waals surface area contributed by atoms with E-state index in [1.54, 1.807) is 0 Å². The fraction of sp³-hybridized carbons (Fsp3) is 0.656. The van der Waals surface area contributed by atoms with Crippen LogP contribution in [0.2, 0.25) is 0 Å². The first-order valence-electron chi connectivity index (χ1n) is 16.3. The van der Waals surface area contributed by atoms with E-state index in [1.807, 2.05) is 30.3 Å². The summed E-state index contributed by atoms with van der Waals surface area (Å²) in [5, 5.41) is 18.6. The molecule has 3 aliphatic rings. The number of guanidine groups is 1. The first-order valence-corrected chi connectivity index (χ1v) is 16.3. The van der Waals surface area contributed by atoms with Gasteiger partial charge in [-0.2, -0.15) is 0 Å². The third-order valence-corrected chi connectivity index (χ3v) is 9.38. The molecule has 3 fully saturated rings. The van der Waals surface area contributed by atoms with Crippen LogP contribution in [0.3, 0.4) is 0 Å². The van der Waals surface area contributed by atoms with Gasteiger partial charge in [0, 0.05) is 6.54 Å². The molecule has 0 aliphatic heterocycles. The van der Waals surface area contributed by atoms with Crippen molar-refractivity contribution in [2.45, 2.75) is 108 Å². The largest absolute Gasteiger partial charge is 0.370 e. The Morgan fingerprint density at radius 3 is 2.00 bits per heavy atom. The van der Waals surface area contributed by atoms with Crippen molar-refractivity contribution in [2.75, 3.05) is 13.1 Å². The summed E-state index contributed by atoms with van der Waals surface area (Å²) in [7, 11) is 0. The number of rotatable bonds is 19. The Kier molecular flexibility index (Phi) is 14.1. The molecule has 0 spiro atoms. The minimum absolute atomic E-state index is 0.0754. The Morgan fingerprint density at radius 2 is 1.40 bits per heavy atom. The molecule has 13 heteroatoms. The molecule has 4 unspecified atom stereocenters.